The van der Waals surface area contributed by atoms with Crippen molar-refractivity contribution in [3.8, 4) is 0 Å². The van der Waals surface area contributed by atoms with E-state index < -0.39 is 17.2 Å². The first-order valence-corrected chi connectivity index (χ1v) is 10.5. The largest absolute Gasteiger partial charge is 0.445 e. The molecule has 2 amide bonds. The molecule has 0 saturated carbocycles. The minimum absolute atomic E-state index is 0.149. The Bertz CT molecular complexity index is 831. The standard InChI is InChI=1S/C23H32N2O5/c1-22(2,3)30-21(28)24(5)14-16-9-8-12-25(15-16)20(27)23(4)13-17-10-6-7-11-18(17)19(26)29-23/h6-7,10-11,16H,8-9,12-15H2,1-5H3. The van der Waals surface area contributed by atoms with Crippen molar-refractivity contribution in [3.63, 3.8) is 0 Å². The second kappa shape index (κ2) is 8.28. The van der Waals surface area contributed by atoms with Crippen LogP contribution in [-0.4, -0.2) is 65.7 Å². The number of piperidine rings is 1. The number of carbonyl (C=O) groups excluding carboxylic acids is 3. The molecule has 30 heavy (non-hydrogen) atoms. The molecule has 3 rings (SSSR count). The van der Waals surface area contributed by atoms with Crippen LogP contribution in [0, 0.1) is 5.92 Å². The molecule has 2 heterocycles. The van der Waals surface area contributed by atoms with Crippen molar-refractivity contribution < 1.29 is 23.9 Å². The molecule has 2 aliphatic rings. The van der Waals surface area contributed by atoms with Crippen LogP contribution in [0.15, 0.2) is 24.3 Å². The molecule has 7 nitrogen and oxygen atoms in total. The normalized spacial score (nSPS) is 24.0. The molecular weight excluding hydrogens is 384 g/mol. The van der Waals surface area contributed by atoms with Gasteiger partial charge in [0.15, 0.2) is 5.60 Å². The fourth-order valence-electron chi connectivity index (χ4n) is 4.19. The molecule has 0 aliphatic carbocycles. The van der Waals surface area contributed by atoms with Gasteiger partial charge in [0.25, 0.3) is 5.91 Å². The van der Waals surface area contributed by atoms with Crippen molar-refractivity contribution in [3.05, 3.63) is 35.4 Å². The second-order valence-corrected chi connectivity index (χ2v) is 9.57. The van der Waals surface area contributed by atoms with Crippen LogP contribution in [0.25, 0.3) is 0 Å². The molecule has 0 spiro atoms. The van der Waals surface area contributed by atoms with E-state index in [4.69, 9.17) is 9.47 Å². The topological polar surface area (TPSA) is 76.2 Å². The van der Waals surface area contributed by atoms with Gasteiger partial charge in [-0.3, -0.25) is 4.79 Å². The van der Waals surface area contributed by atoms with Gasteiger partial charge in [-0.05, 0) is 58.1 Å². The van der Waals surface area contributed by atoms with E-state index in [2.05, 4.69) is 0 Å². The quantitative estimate of drug-likeness (QED) is 0.707. The Morgan fingerprint density at radius 2 is 2.00 bits per heavy atom. The minimum atomic E-state index is -1.20. The first kappa shape index (κ1) is 22.1. The highest BCUT2D eigenvalue weighted by Crippen LogP contribution is 2.31. The number of carbonyl (C=O) groups is 3. The van der Waals surface area contributed by atoms with Crippen LogP contribution in [-0.2, 0) is 20.7 Å². The number of ether oxygens (including phenoxy) is 2. The summed E-state index contributed by atoms with van der Waals surface area (Å²) >= 11 is 0. The average Bonchev–Trinajstić information content (AvgIpc) is 2.66. The number of benzene rings is 1. The lowest BCUT2D eigenvalue weighted by Crippen LogP contribution is -2.56. The van der Waals surface area contributed by atoms with Gasteiger partial charge in [0.05, 0.1) is 5.56 Å². The zero-order valence-electron chi connectivity index (χ0n) is 18.6. The highest BCUT2D eigenvalue weighted by Gasteiger charge is 2.45. The highest BCUT2D eigenvalue weighted by atomic mass is 16.6. The first-order chi connectivity index (χ1) is 14.0. The van der Waals surface area contributed by atoms with Crippen LogP contribution < -0.4 is 0 Å². The molecule has 2 aliphatic heterocycles. The lowest BCUT2D eigenvalue weighted by molar-refractivity contribution is -0.153. The fourth-order valence-corrected chi connectivity index (χ4v) is 4.19. The van der Waals surface area contributed by atoms with E-state index in [1.807, 2.05) is 32.9 Å². The average molecular weight is 417 g/mol. The summed E-state index contributed by atoms with van der Waals surface area (Å²) in [6, 6.07) is 7.26. The summed E-state index contributed by atoms with van der Waals surface area (Å²) in [5.74, 6) is -0.476. The summed E-state index contributed by atoms with van der Waals surface area (Å²) in [5, 5.41) is 0. The van der Waals surface area contributed by atoms with Gasteiger partial charge in [-0.2, -0.15) is 0 Å². The number of cyclic esters (lactones) is 1. The van der Waals surface area contributed by atoms with Gasteiger partial charge in [0, 0.05) is 33.1 Å². The van der Waals surface area contributed by atoms with Crippen LogP contribution in [0.2, 0.25) is 0 Å². The Kier molecular flexibility index (Phi) is 6.11. The molecule has 7 heteroatoms. The molecule has 1 aromatic carbocycles. The monoisotopic (exact) mass is 416 g/mol. The van der Waals surface area contributed by atoms with Crippen LogP contribution in [0.4, 0.5) is 4.79 Å². The van der Waals surface area contributed by atoms with Gasteiger partial charge >= 0.3 is 12.1 Å². The molecule has 0 aromatic heterocycles. The number of hydrogen-bond donors (Lipinski definition) is 0. The zero-order chi connectivity index (χ0) is 22.1. The van der Waals surface area contributed by atoms with E-state index in [1.54, 1.807) is 35.9 Å². The number of likely N-dealkylation sites (tertiary alicyclic amines) is 1. The first-order valence-electron chi connectivity index (χ1n) is 10.5. The Balaban J connectivity index is 1.64. The van der Waals surface area contributed by atoms with Gasteiger partial charge in [0.2, 0.25) is 0 Å². The molecular formula is C23H32N2O5. The SMILES string of the molecule is CN(CC1CCCN(C(=O)C2(C)Cc3ccccc3C(=O)O2)C1)C(=O)OC(C)(C)C. The van der Waals surface area contributed by atoms with E-state index in [0.29, 0.717) is 31.6 Å². The summed E-state index contributed by atoms with van der Waals surface area (Å²) in [7, 11) is 1.72. The molecule has 1 fully saturated rings. The third-order valence-corrected chi connectivity index (χ3v) is 5.58. The number of fused-ring (bicyclic) bond motifs is 1. The van der Waals surface area contributed by atoms with Crippen molar-refractivity contribution in [2.24, 2.45) is 5.92 Å². The Morgan fingerprint density at radius 1 is 1.30 bits per heavy atom. The number of nitrogens with zero attached hydrogens (tertiary/aromatic N) is 2. The van der Waals surface area contributed by atoms with Crippen LogP contribution in [0.3, 0.4) is 0 Å². The molecule has 2 unspecified atom stereocenters. The molecule has 1 aromatic rings. The summed E-state index contributed by atoms with van der Waals surface area (Å²) in [6.45, 7) is 8.87. The van der Waals surface area contributed by atoms with Crippen molar-refractivity contribution in [2.75, 3.05) is 26.7 Å². The molecule has 164 valence electrons. The molecule has 2 atom stereocenters. The van der Waals surface area contributed by atoms with Crippen LogP contribution >= 0.6 is 0 Å². The van der Waals surface area contributed by atoms with Crippen LogP contribution in [0.5, 0.6) is 0 Å². The summed E-state index contributed by atoms with van der Waals surface area (Å²) in [4.78, 5) is 41.4. The van der Waals surface area contributed by atoms with Gasteiger partial charge in [0.1, 0.15) is 5.60 Å². The maximum Gasteiger partial charge on any atom is 0.410 e. The summed E-state index contributed by atoms with van der Waals surface area (Å²) in [6.07, 6.45) is 1.78. The Morgan fingerprint density at radius 3 is 2.70 bits per heavy atom. The Labute approximate surface area is 178 Å². The third-order valence-electron chi connectivity index (χ3n) is 5.58. The third kappa shape index (κ3) is 4.94. The lowest BCUT2D eigenvalue weighted by Gasteiger charge is -2.41. The minimum Gasteiger partial charge on any atom is -0.445 e. The van der Waals surface area contributed by atoms with E-state index in [9.17, 15) is 14.4 Å². The molecule has 0 N–H and O–H groups in total. The fraction of sp³-hybridized carbons (Fsp3) is 0.609. The zero-order valence-corrected chi connectivity index (χ0v) is 18.6. The van der Waals surface area contributed by atoms with Crippen molar-refractivity contribution in [2.45, 2.75) is 58.2 Å². The number of hydrogen-bond acceptors (Lipinski definition) is 5. The number of rotatable bonds is 3. The van der Waals surface area contributed by atoms with Crippen molar-refractivity contribution >= 4 is 18.0 Å². The predicted molar refractivity (Wildman–Crippen MR) is 112 cm³/mol. The van der Waals surface area contributed by atoms with Gasteiger partial charge < -0.3 is 19.3 Å². The Hall–Kier alpha value is -2.57. The highest BCUT2D eigenvalue weighted by molar-refractivity contribution is 5.97. The number of esters is 1. The smallest absolute Gasteiger partial charge is 0.410 e. The predicted octanol–water partition coefficient (Wildman–Crippen LogP) is 3.26. The van der Waals surface area contributed by atoms with E-state index in [1.165, 1.54) is 0 Å². The maximum atomic E-state index is 13.3. The van der Waals surface area contributed by atoms with Crippen molar-refractivity contribution in [1.82, 2.24) is 9.80 Å². The van der Waals surface area contributed by atoms with Crippen LogP contribution in [0.1, 0.15) is 56.5 Å². The van der Waals surface area contributed by atoms with E-state index in [-0.39, 0.29) is 17.9 Å². The second-order valence-electron chi connectivity index (χ2n) is 9.57. The van der Waals surface area contributed by atoms with Gasteiger partial charge in [-0.1, -0.05) is 18.2 Å². The van der Waals surface area contributed by atoms with Gasteiger partial charge in [-0.15, -0.1) is 0 Å². The lowest BCUT2D eigenvalue weighted by atomic mass is 9.87. The van der Waals surface area contributed by atoms with Crippen molar-refractivity contribution in [1.29, 1.82) is 0 Å². The molecule has 0 radical (unpaired) electrons. The number of amides is 2. The molecule has 1 saturated heterocycles. The molecule has 0 bridgehead atoms. The summed E-state index contributed by atoms with van der Waals surface area (Å²) < 4.78 is 11.0. The van der Waals surface area contributed by atoms with E-state index in [0.717, 1.165) is 18.4 Å². The summed E-state index contributed by atoms with van der Waals surface area (Å²) in [5.41, 5.74) is -0.388. The maximum absolute atomic E-state index is 13.3. The van der Waals surface area contributed by atoms with E-state index >= 15 is 0 Å². The van der Waals surface area contributed by atoms with Gasteiger partial charge in [-0.25, -0.2) is 9.59 Å².